The number of alkyl halides is 3. The van der Waals surface area contributed by atoms with Crippen molar-refractivity contribution < 1.29 is 27.8 Å². The molecule has 3 nitrogen and oxygen atoms in total. The number of halogens is 4. The minimum absolute atomic E-state index is 0.0183. The van der Waals surface area contributed by atoms with Crippen molar-refractivity contribution in [3.63, 3.8) is 0 Å². The molecule has 0 spiro atoms. The molecule has 1 N–H and O–H groups in total. The highest BCUT2D eigenvalue weighted by atomic mass is 35.5. The molecular formula is C11H8ClF3O3. The second-order valence-electron chi connectivity index (χ2n) is 3.37. The molecule has 0 heterocycles. The van der Waals surface area contributed by atoms with Crippen LogP contribution < -0.4 is 4.74 Å². The molecule has 0 aromatic heterocycles. The van der Waals surface area contributed by atoms with Gasteiger partial charge >= 0.3 is 12.3 Å². The summed E-state index contributed by atoms with van der Waals surface area (Å²) in [5.74, 6) is -1.74. The summed E-state index contributed by atoms with van der Waals surface area (Å²) in [7, 11) is 0. The zero-order chi connectivity index (χ0) is 13.9. The summed E-state index contributed by atoms with van der Waals surface area (Å²) in [5, 5.41) is 8.44. The molecule has 0 bridgehead atoms. The molecule has 98 valence electrons. The van der Waals surface area contributed by atoms with Crippen LogP contribution in [0.5, 0.6) is 5.75 Å². The average Bonchev–Trinajstić information content (AvgIpc) is 2.20. The van der Waals surface area contributed by atoms with Gasteiger partial charge in [0.2, 0.25) is 0 Å². The van der Waals surface area contributed by atoms with Crippen molar-refractivity contribution in [3.05, 3.63) is 34.4 Å². The normalized spacial score (nSPS) is 12.4. The van der Waals surface area contributed by atoms with E-state index in [9.17, 15) is 18.0 Å². The third kappa shape index (κ3) is 4.29. The molecule has 0 amide bonds. The number of benzene rings is 1. The van der Waals surface area contributed by atoms with Gasteiger partial charge in [0.15, 0.2) is 0 Å². The molecule has 0 aliphatic rings. The maximum atomic E-state index is 12.1. The first kappa shape index (κ1) is 14.4. The van der Waals surface area contributed by atoms with E-state index in [-0.39, 0.29) is 16.2 Å². The maximum Gasteiger partial charge on any atom is 0.573 e. The van der Waals surface area contributed by atoms with Gasteiger partial charge in [-0.25, -0.2) is 4.79 Å². The fraction of sp³-hybridized carbons (Fsp3) is 0.182. The second-order valence-corrected chi connectivity index (χ2v) is 3.78. The van der Waals surface area contributed by atoms with Gasteiger partial charge in [0, 0.05) is 5.57 Å². The van der Waals surface area contributed by atoms with Crippen LogP contribution in [0.1, 0.15) is 12.5 Å². The fourth-order valence-corrected chi connectivity index (χ4v) is 1.28. The first-order valence-electron chi connectivity index (χ1n) is 4.66. The summed E-state index contributed by atoms with van der Waals surface area (Å²) in [4.78, 5) is 10.6. The van der Waals surface area contributed by atoms with Crippen LogP contribution in [0.2, 0.25) is 5.02 Å². The molecule has 7 heteroatoms. The predicted octanol–water partition coefficient (Wildman–Crippen LogP) is 3.73. The summed E-state index contributed by atoms with van der Waals surface area (Å²) in [6.07, 6.45) is -3.64. The Hall–Kier alpha value is -1.69. The van der Waals surface area contributed by atoms with Crippen LogP contribution in [0.25, 0.3) is 6.08 Å². The van der Waals surface area contributed by atoms with Gasteiger partial charge < -0.3 is 9.84 Å². The van der Waals surface area contributed by atoms with Crippen LogP contribution in [0.15, 0.2) is 23.8 Å². The lowest BCUT2D eigenvalue weighted by atomic mass is 10.1. The van der Waals surface area contributed by atoms with Crippen molar-refractivity contribution in [2.24, 2.45) is 0 Å². The highest BCUT2D eigenvalue weighted by molar-refractivity contribution is 6.32. The van der Waals surface area contributed by atoms with Crippen LogP contribution in [0.3, 0.4) is 0 Å². The summed E-state index contributed by atoms with van der Waals surface area (Å²) in [6, 6.07) is 3.60. The van der Waals surface area contributed by atoms with E-state index in [0.717, 1.165) is 6.07 Å². The Bertz CT molecular complexity index is 495. The van der Waals surface area contributed by atoms with Gasteiger partial charge in [-0.05, 0) is 30.7 Å². The van der Waals surface area contributed by atoms with Crippen LogP contribution in [-0.2, 0) is 4.79 Å². The average molecular weight is 281 g/mol. The minimum atomic E-state index is -4.85. The molecule has 0 saturated carbocycles. The number of hydrogen-bond acceptors (Lipinski definition) is 2. The Balaban J connectivity index is 3.08. The Morgan fingerprint density at radius 1 is 1.44 bits per heavy atom. The van der Waals surface area contributed by atoms with Crippen molar-refractivity contribution in [3.8, 4) is 5.75 Å². The molecule has 0 atom stereocenters. The quantitative estimate of drug-likeness (QED) is 0.858. The Kier molecular flexibility index (Phi) is 4.24. The predicted molar refractivity (Wildman–Crippen MR) is 59.4 cm³/mol. The van der Waals surface area contributed by atoms with E-state index in [4.69, 9.17) is 16.7 Å². The summed E-state index contributed by atoms with van der Waals surface area (Å²) in [5.41, 5.74) is 0.230. The highest BCUT2D eigenvalue weighted by Crippen LogP contribution is 2.31. The lowest BCUT2D eigenvalue weighted by Crippen LogP contribution is -2.17. The van der Waals surface area contributed by atoms with Crippen molar-refractivity contribution >= 4 is 23.6 Å². The molecule has 18 heavy (non-hydrogen) atoms. The largest absolute Gasteiger partial charge is 0.573 e. The molecule has 0 radical (unpaired) electrons. The maximum absolute atomic E-state index is 12.1. The summed E-state index contributed by atoms with van der Waals surface area (Å²) in [6.45, 7) is 1.32. The Morgan fingerprint density at radius 2 is 2.06 bits per heavy atom. The third-order valence-electron chi connectivity index (χ3n) is 1.90. The van der Waals surface area contributed by atoms with Crippen LogP contribution >= 0.6 is 11.6 Å². The van der Waals surface area contributed by atoms with E-state index in [1.807, 2.05) is 0 Å². The van der Waals surface area contributed by atoms with E-state index >= 15 is 0 Å². The molecule has 1 aromatic carbocycles. The Labute approximate surface area is 105 Å². The number of rotatable bonds is 3. The van der Waals surface area contributed by atoms with Crippen LogP contribution in [-0.4, -0.2) is 17.4 Å². The van der Waals surface area contributed by atoms with E-state index in [1.54, 1.807) is 0 Å². The number of carboxylic acids is 1. The third-order valence-corrected chi connectivity index (χ3v) is 2.21. The SMILES string of the molecule is CC(=Cc1ccc(Cl)c(OC(F)(F)F)c1)C(=O)O. The summed E-state index contributed by atoms with van der Waals surface area (Å²) >= 11 is 5.54. The molecule has 0 aliphatic heterocycles. The standard InChI is InChI=1S/C11H8ClF3O3/c1-6(10(16)17)4-7-2-3-8(12)9(5-7)18-11(13,14)15/h2-5H,1H3,(H,16,17). The molecule has 0 fully saturated rings. The number of carbonyl (C=O) groups is 1. The van der Waals surface area contributed by atoms with E-state index in [2.05, 4.69) is 4.74 Å². The number of aliphatic carboxylic acids is 1. The van der Waals surface area contributed by atoms with Crippen molar-refractivity contribution in [2.45, 2.75) is 13.3 Å². The van der Waals surface area contributed by atoms with Gasteiger partial charge in [0.25, 0.3) is 0 Å². The lowest BCUT2D eigenvalue weighted by molar-refractivity contribution is -0.274. The molecular weight excluding hydrogens is 273 g/mol. The van der Waals surface area contributed by atoms with Gasteiger partial charge in [-0.1, -0.05) is 17.7 Å². The van der Waals surface area contributed by atoms with Gasteiger partial charge in [-0.2, -0.15) is 0 Å². The second kappa shape index (κ2) is 5.30. The molecule has 1 rings (SSSR count). The molecule has 0 aliphatic carbocycles. The van der Waals surface area contributed by atoms with Gasteiger partial charge in [-0.15, -0.1) is 13.2 Å². The van der Waals surface area contributed by atoms with Crippen molar-refractivity contribution in [2.75, 3.05) is 0 Å². The molecule has 0 unspecified atom stereocenters. The van der Waals surface area contributed by atoms with E-state index in [1.165, 1.54) is 25.1 Å². The first-order valence-corrected chi connectivity index (χ1v) is 5.04. The van der Waals surface area contributed by atoms with E-state index in [0.29, 0.717) is 0 Å². The topological polar surface area (TPSA) is 46.5 Å². The monoisotopic (exact) mass is 280 g/mol. The minimum Gasteiger partial charge on any atom is -0.478 e. The molecule has 1 aromatic rings. The van der Waals surface area contributed by atoms with Crippen molar-refractivity contribution in [1.29, 1.82) is 0 Å². The van der Waals surface area contributed by atoms with Gasteiger partial charge in [0.05, 0.1) is 5.02 Å². The smallest absolute Gasteiger partial charge is 0.478 e. The highest BCUT2D eigenvalue weighted by Gasteiger charge is 2.32. The van der Waals surface area contributed by atoms with Gasteiger partial charge in [-0.3, -0.25) is 0 Å². The number of hydrogen-bond donors (Lipinski definition) is 1. The lowest BCUT2D eigenvalue weighted by Gasteiger charge is -2.10. The number of carboxylic acid groups (broad SMARTS) is 1. The van der Waals surface area contributed by atoms with E-state index < -0.39 is 18.1 Å². The zero-order valence-corrected chi connectivity index (χ0v) is 9.84. The summed E-state index contributed by atoms with van der Waals surface area (Å²) < 4.78 is 39.9. The number of ether oxygens (including phenoxy) is 1. The zero-order valence-electron chi connectivity index (χ0n) is 9.08. The van der Waals surface area contributed by atoms with Crippen molar-refractivity contribution in [1.82, 2.24) is 0 Å². The van der Waals surface area contributed by atoms with Crippen LogP contribution in [0, 0.1) is 0 Å². The molecule has 0 saturated heterocycles. The van der Waals surface area contributed by atoms with Gasteiger partial charge in [0.1, 0.15) is 5.75 Å². The Morgan fingerprint density at radius 3 is 2.56 bits per heavy atom. The van der Waals surface area contributed by atoms with Crippen LogP contribution in [0.4, 0.5) is 13.2 Å². The fourth-order valence-electron chi connectivity index (χ4n) is 1.12. The first-order chi connectivity index (χ1) is 8.19.